The van der Waals surface area contributed by atoms with Crippen molar-refractivity contribution in [3.63, 3.8) is 0 Å². The van der Waals surface area contributed by atoms with Crippen molar-refractivity contribution in [3.05, 3.63) is 0 Å². The standard InChI is InChI=1S/2C4H10O3S.Mg/c2*1-4(2)3-8(5,6)7;/h2*4H,3H2,1-2H3,(H,5,6,7);/q;;+2/p-2. The van der Waals surface area contributed by atoms with Gasteiger partial charge in [-0.2, -0.15) is 0 Å². The Morgan fingerprint density at radius 1 is 0.765 bits per heavy atom. The van der Waals surface area contributed by atoms with E-state index < -0.39 is 20.2 Å². The summed E-state index contributed by atoms with van der Waals surface area (Å²) < 4.78 is 59.3. The molecule has 0 unspecified atom stereocenters. The molecule has 0 aliphatic carbocycles. The molecule has 100 valence electrons. The molecular weight excluding hydrogens is 281 g/mol. The Labute approximate surface area is 120 Å². The van der Waals surface area contributed by atoms with Crippen molar-refractivity contribution in [1.29, 1.82) is 0 Å². The van der Waals surface area contributed by atoms with E-state index in [0.29, 0.717) is 0 Å². The van der Waals surface area contributed by atoms with Crippen LogP contribution in [0.4, 0.5) is 0 Å². The maximum absolute atomic E-state index is 9.89. The molecule has 9 heteroatoms. The van der Waals surface area contributed by atoms with Crippen molar-refractivity contribution in [3.8, 4) is 0 Å². The van der Waals surface area contributed by atoms with E-state index in [1.807, 2.05) is 0 Å². The second-order valence-corrected chi connectivity index (χ2v) is 7.13. The normalized spacial score (nSPS) is 11.8. The van der Waals surface area contributed by atoms with Crippen molar-refractivity contribution < 1.29 is 25.9 Å². The molecule has 0 aliphatic heterocycles. The van der Waals surface area contributed by atoms with Gasteiger partial charge < -0.3 is 9.11 Å². The monoisotopic (exact) mass is 298 g/mol. The fourth-order valence-corrected chi connectivity index (χ4v) is 2.45. The van der Waals surface area contributed by atoms with E-state index in [1.165, 1.54) is 0 Å². The number of rotatable bonds is 4. The molecular formula is C8H18MgO6S2. The molecule has 0 heterocycles. The summed E-state index contributed by atoms with van der Waals surface area (Å²) in [6.45, 7) is 6.76. The van der Waals surface area contributed by atoms with Gasteiger partial charge in [0.15, 0.2) is 0 Å². The van der Waals surface area contributed by atoms with E-state index in [0.717, 1.165) is 0 Å². The molecule has 0 N–H and O–H groups in total. The van der Waals surface area contributed by atoms with Gasteiger partial charge in [0.1, 0.15) is 0 Å². The molecule has 0 fully saturated rings. The zero-order valence-electron chi connectivity index (χ0n) is 10.5. The van der Waals surface area contributed by atoms with E-state index in [4.69, 9.17) is 0 Å². The molecule has 0 atom stereocenters. The van der Waals surface area contributed by atoms with Crippen LogP contribution in [0.2, 0.25) is 0 Å². The van der Waals surface area contributed by atoms with Gasteiger partial charge in [-0.05, 0) is 11.8 Å². The second kappa shape index (κ2) is 9.51. The zero-order valence-corrected chi connectivity index (χ0v) is 13.6. The van der Waals surface area contributed by atoms with Crippen LogP contribution in [0.15, 0.2) is 0 Å². The maximum Gasteiger partial charge on any atom is 2.00 e. The van der Waals surface area contributed by atoms with Crippen molar-refractivity contribution in [2.45, 2.75) is 27.7 Å². The van der Waals surface area contributed by atoms with Gasteiger partial charge in [-0.3, -0.25) is 0 Å². The van der Waals surface area contributed by atoms with Crippen LogP contribution in [0.5, 0.6) is 0 Å². The Hall–Kier alpha value is 0.586. The average molecular weight is 299 g/mol. The van der Waals surface area contributed by atoms with Crippen molar-refractivity contribution in [2.75, 3.05) is 11.5 Å². The molecule has 0 saturated carbocycles. The SMILES string of the molecule is CC(C)CS(=O)(=O)[O-].CC(C)CS(=O)(=O)[O-].[Mg+2]. The summed E-state index contributed by atoms with van der Waals surface area (Å²) in [5.41, 5.74) is 0. The van der Waals surface area contributed by atoms with Crippen LogP contribution in [0.3, 0.4) is 0 Å². The number of hydrogen-bond acceptors (Lipinski definition) is 6. The number of hydrogen-bond donors (Lipinski definition) is 0. The zero-order chi connectivity index (χ0) is 13.6. The summed E-state index contributed by atoms with van der Waals surface area (Å²) >= 11 is 0. The van der Waals surface area contributed by atoms with Crippen molar-refractivity contribution in [1.82, 2.24) is 0 Å². The van der Waals surface area contributed by atoms with Crippen LogP contribution >= 0.6 is 0 Å². The Kier molecular flexibility index (Phi) is 12.7. The van der Waals surface area contributed by atoms with E-state index >= 15 is 0 Å². The predicted octanol–water partition coefficient (Wildman–Crippen LogP) is -0.00560. The van der Waals surface area contributed by atoms with Crippen LogP contribution in [-0.2, 0) is 20.2 Å². The summed E-state index contributed by atoms with van der Waals surface area (Å²) in [4.78, 5) is 0. The minimum absolute atomic E-state index is 0. The Bertz CT molecular complexity index is 333. The maximum atomic E-state index is 9.89. The summed E-state index contributed by atoms with van der Waals surface area (Å²) in [6.07, 6.45) is 0. The predicted molar refractivity (Wildman–Crippen MR) is 64.6 cm³/mol. The minimum atomic E-state index is -3.97. The van der Waals surface area contributed by atoms with Gasteiger partial charge in [0, 0.05) is 11.5 Å². The molecule has 0 aromatic carbocycles. The molecule has 0 aromatic heterocycles. The van der Waals surface area contributed by atoms with Crippen LogP contribution in [0.1, 0.15) is 27.7 Å². The van der Waals surface area contributed by atoms with Crippen LogP contribution in [-0.4, -0.2) is 60.5 Å². The molecule has 0 rings (SSSR count). The van der Waals surface area contributed by atoms with Crippen molar-refractivity contribution in [2.24, 2.45) is 11.8 Å². The van der Waals surface area contributed by atoms with Gasteiger partial charge in [-0.1, -0.05) is 27.7 Å². The molecule has 0 aromatic rings. The third-order valence-corrected chi connectivity index (χ3v) is 3.22. The molecule has 0 amide bonds. The fourth-order valence-electron chi connectivity index (χ4n) is 0.816. The third kappa shape index (κ3) is 31.5. The van der Waals surface area contributed by atoms with E-state index in [-0.39, 0.29) is 46.4 Å². The first-order valence-corrected chi connectivity index (χ1v) is 7.86. The summed E-state index contributed by atoms with van der Waals surface area (Å²) in [6, 6.07) is 0. The van der Waals surface area contributed by atoms with Gasteiger partial charge in [0.25, 0.3) is 0 Å². The molecule has 6 nitrogen and oxygen atoms in total. The summed E-state index contributed by atoms with van der Waals surface area (Å²) in [7, 11) is -7.95. The quantitative estimate of drug-likeness (QED) is 0.533. The van der Waals surface area contributed by atoms with Crippen LogP contribution in [0, 0.1) is 11.8 Å². The Morgan fingerprint density at radius 2 is 0.941 bits per heavy atom. The topological polar surface area (TPSA) is 114 Å². The molecule has 0 bridgehead atoms. The Morgan fingerprint density at radius 3 is 0.941 bits per heavy atom. The smallest absolute Gasteiger partial charge is 0.748 e. The first-order valence-electron chi connectivity index (χ1n) is 4.70. The van der Waals surface area contributed by atoms with E-state index in [2.05, 4.69) is 0 Å². The van der Waals surface area contributed by atoms with E-state index in [1.54, 1.807) is 27.7 Å². The average Bonchev–Trinajstić information content (AvgIpc) is 1.72. The summed E-state index contributed by atoms with van der Waals surface area (Å²) in [5, 5.41) is 0. The van der Waals surface area contributed by atoms with Gasteiger partial charge in [-0.15, -0.1) is 0 Å². The second-order valence-electron chi connectivity index (χ2n) is 4.24. The first kappa shape index (κ1) is 22.7. The van der Waals surface area contributed by atoms with Gasteiger partial charge in [0.2, 0.25) is 0 Å². The van der Waals surface area contributed by atoms with Crippen LogP contribution < -0.4 is 0 Å². The fraction of sp³-hybridized carbons (Fsp3) is 1.00. The molecule has 0 radical (unpaired) electrons. The Balaban J connectivity index is -0.000000218. The third-order valence-electron chi connectivity index (χ3n) is 1.07. The molecule has 17 heavy (non-hydrogen) atoms. The van der Waals surface area contributed by atoms with Crippen LogP contribution in [0.25, 0.3) is 0 Å². The minimum Gasteiger partial charge on any atom is -0.748 e. The van der Waals surface area contributed by atoms with Gasteiger partial charge >= 0.3 is 23.1 Å². The molecule has 0 saturated heterocycles. The largest absolute Gasteiger partial charge is 2.00 e. The first-order chi connectivity index (χ1) is 6.83. The molecule has 0 spiro atoms. The summed E-state index contributed by atoms with van der Waals surface area (Å²) in [5.74, 6) is -0.630. The van der Waals surface area contributed by atoms with E-state index in [9.17, 15) is 25.9 Å². The van der Waals surface area contributed by atoms with Gasteiger partial charge in [0.05, 0.1) is 20.2 Å². The van der Waals surface area contributed by atoms with Gasteiger partial charge in [-0.25, -0.2) is 16.8 Å². The van der Waals surface area contributed by atoms with Crippen molar-refractivity contribution >= 4 is 43.3 Å². The molecule has 0 aliphatic rings.